The van der Waals surface area contributed by atoms with Crippen molar-refractivity contribution in [1.82, 2.24) is 0 Å². The lowest BCUT2D eigenvalue weighted by molar-refractivity contribution is 0.347. The number of hydrogen-bond acceptors (Lipinski definition) is 2. The summed E-state index contributed by atoms with van der Waals surface area (Å²) < 4.78 is 10.4. The molecule has 0 amide bonds. The van der Waals surface area contributed by atoms with Crippen molar-refractivity contribution in [2.45, 2.75) is 0 Å². The van der Waals surface area contributed by atoms with Crippen molar-refractivity contribution >= 4 is 11.6 Å². The molecule has 13 heavy (non-hydrogen) atoms. The SMILES string of the molecule is Clc1ccc(Oc2ccco2)cc1. The average Bonchev–Trinajstić information content (AvgIpc) is 2.62. The van der Waals surface area contributed by atoms with Crippen LogP contribution in [-0.2, 0) is 0 Å². The van der Waals surface area contributed by atoms with Gasteiger partial charge in [-0.2, -0.15) is 0 Å². The van der Waals surface area contributed by atoms with E-state index in [2.05, 4.69) is 0 Å². The fraction of sp³-hybridized carbons (Fsp3) is 0. The Balaban J connectivity index is 2.15. The van der Waals surface area contributed by atoms with Gasteiger partial charge in [0.25, 0.3) is 5.95 Å². The highest BCUT2D eigenvalue weighted by Crippen LogP contribution is 2.22. The molecule has 2 rings (SSSR count). The van der Waals surface area contributed by atoms with Gasteiger partial charge >= 0.3 is 0 Å². The smallest absolute Gasteiger partial charge is 0.289 e. The molecule has 2 nitrogen and oxygen atoms in total. The molecule has 66 valence electrons. The molecule has 0 fully saturated rings. The molecule has 0 aliphatic rings. The second-order valence-electron chi connectivity index (χ2n) is 2.49. The van der Waals surface area contributed by atoms with Crippen LogP contribution in [0.4, 0.5) is 0 Å². The predicted molar refractivity (Wildman–Crippen MR) is 50.2 cm³/mol. The molecule has 0 bridgehead atoms. The zero-order chi connectivity index (χ0) is 9.10. The number of halogens is 1. The fourth-order valence-electron chi connectivity index (χ4n) is 0.940. The maximum Gasteiger partial charge on any atom is 0.289 e. The lowest BCUT2D eigenvalue weighted by Crippen LogP contribution is -1.79. The first-order valence-electron chi connectivity index (χ1n) is 3.81. The van der Waals surface area contributed by atoms with Crippen LogP contribution < -0.4 is 4.74 Å². The maximum absolute atomic E-state index is 5.71. The van der Waals surface area contributed by atoms with E-state index in [0.29, 0.717) is 16.7 Å². The van der Waals surface area contributed by atoms with Crippen LogP contribution in [0.15, 0.2) is 47.1 Å². The minimum atomic E-state index is 0.474. The van der Waals surface area contributed by atoms with Crippen molar-refractivity contribution in [3.05, 3.63) is 47.7 Å². The van der Waals surface area contributed by atoms with E-state index in [4.69, 9.17) is 20.8 Å². The van der Waals surface area contributed by atoms with Gasteiger partial charge in [-0.15, -0.1) is 0 Å². The second-order valence-corrected chi connectivity index (χ2v) is 2.92. The van der Waals surface area contributed by atoms with Gasteiger partial charge in [0.15, 0.2) is 0 Å². The number of ether oxygens (including phenoxy) is 1. The molecule has 0 saturated heterocycles. The van der Waals surface area contributed by atoms with Gasteiger partial charge in [-0.3, -0.25) is 0 Å². The zero-order valence-corrected chi connectivity index (χ0v) is 7.49. The number of furan rings is 1. The first kappa shape index (κ1) is 8.20. The summed E-state index contributed by atoms with van der Waals surface area (Å²) in [4.78, 5) is 0. The van der Waals surface area contributed by atoms with E-state index in [9.17, 15) is 0 Å². The minimum Gasteiger partial charge on any atom is -0.434 e. The summed E-state index contributed by atoms with van der Waals surface area (Å²) >= 11 is 5.71. The van der Waals surface area contributed by atoms with Crippen LogP contribution in [-0.4, -0.2) is 0 Å². The van der Waals surface area contributed by atoms with E-state index < -0.39 is 0 Å². The van der Waals surface area contributed by atoms with E-state index in [1.165, 1.54) is 0 Å². The van der Waals surface area contributed by atoms with Gasteiger partial charge in [0.2, 0.25) is 0 Å². The van der Waals surface area contributed by atoms with Gasteiger partial charge in [0, 0.05) is 11.1 Å². The van der Waals surface area contributed by atoms with Crippen LogP contribution in [0.2, 0.25) is 5.02 Å². The van der Waals surface area contributed by atoms with Crippen LogP contribution in [0.5, 0.6) is 11.7 Å². The largest absolute Gasteiger partial charge is 0.434 e. The fourth-order valence-corrected chi connectivity index (χ4v) is 1.07. The van der Waals surface area contributed by atoms with Crippen LogP contribution >= 0.6 is 11.6 Å². The number of hydrogen-bond donors (Lipinski definition) is 0. The maximum atomic E-state index is 5.71. The van der Waals surface area contributed by atoms with E-state index in [1.807, 2.05) is 0 Å². The molecule has 0 saturated carbocycles. The average molecular weight is 195 g/mol. The summed E-state index contributed by atoms with van der Waals surface area (Å²) in [5.74, 6) is 1.18. The molecule has 1 aromatic carbocycles. The van der Waals surface area contributed by atoms with E-state index in [0.717, 1.165) is 0 Å². The Morgan fingerprint density at radius 2 is 1.85 bits per heavy atom. The summed E-state index contributed by atoms with van der Waals surface area (Å²) in [5, 5.41) is 0.687. The molecule has 0 aliphatic carbocycles. The second kappa shape index (κ2) is 3.54. The van der Waals surface area contributed by atoms with Gasteiger partial charge in [-0.1, -0.05) is 11.6 Å². The summed E-state index contributed by atoms with van der Waals surface area (Å²) in [7, 11) is 0. The quantitative estimate of drug-likeness (QED) is 0.727. The number of benzene rings is 1. The highest BCUT2D eigenvalue weighted by molar-refractivity contribution is 6.30. The molecule has 1 heterocycles. The van der Waals surface area contributed by atoms with Gasteiger partial charge in [0.05, 0.1) is 6.26 Å². The minimum absolute atomic E-state index is 0.474. The predicted octanol–water partition coefficient (Wildman–Crippen LogP) is 3.73. The van der Waals surface area contributed by atoms with Crippen molar-refractivity contribution in [1.29, 1.82) is 0 Å². The molecule has 0 atom stereocenters. The van der Waals surface area contributed by atoms with Gasteiger partial charge < -0.3 is 9.15 Å². The van der Waals surface area contributed by atoms with Crippen molar-refractivity contribution in [3.63, 3.8) is 0 Å². The van der Waals surface area contributed by atoms with Gasteiger partial charge in [-0.05, 0) is 30.3 Å². The Bertz CT molecular complexity index is 364. The normalized spacial score (nSPS) is 9.92. The van der Waals surface area contributed by atoms with Gasteiger partial charge in [0.1, 0.15) is 5.75 Å². The molecule has 3 heteroatoms. The van der Waals surface area contributed by atoms with E-state index >= 15 is 0 Å². The summed E-state index contributed by atoms with van der Waals surface area (Å²) in [6, 6.07) is 10.6. The molecule has 1 aromatic heterocycles. The van der Waals surface area contributed by atoms with E-state index in [-0.39, 0.29) is 0 Å². The van der Waals surface area contributed by atoms with Crippen LogP contribution in [0.1, 0.15) is 0 Å². The third kappa shape index (κ3) is 2.04. The van der Waals surface area contributed by atoms with E-state index in [1.54, 1.807) is 42.7 Å². The highest BCUT2D eigenvalue weighted by atomic mass is 35.5. The van der Waals surface area contributed by atoms with Crippen molar-refractivity contribution in [2.75, 3.05) is 0 Å². The summed E-state index contributed by atoms with van der Waals surface area (Å²) in [5.41, 5.74) is 0. The Kier molecular flexibility index (Phi) is 2.23. The molecule has 0 aliphatic heterocycles. The zero-order valence-electron chi connectivity index (χ0n) is 6.74. The topological polar surface area (TPSA) is 22.4 Å². The Morgan fingerprint density at radius 1 is 1.08 bits per heavy atom. The molecular formula is C10H7ClO2. The van der Waals surface area contributed by atoms with Crippen molar-refractivity contribution in [3.8, 4) is 11.7 Å². The van der Waals surface area contributed by atoms with Crippen LogP contribution in [0.25, 0.3) is 0 Å². The summed E-state index contributed by atoms with van der Waals surface area (Å²) in [6.45, 7) is 0. The van der Waals surface area contributed by atoms with Crippen molar-refractivity contribution < 1.29 is 9.15 Å². The van der Waals surface area contributed by atoms with Crippen molar-refractivity contribution in [2.24, 2.45) is 0 Å². The third-order valence-corrected chi connectivity index (χ3v) is 1.78. The Labute approximate surface area is 80.7 Å². The Hall–Kier alpha value is -1.41. The molecule has 0 spiro atoms. The molecule has 0 N–H and O–H groups in total. The number of rotatable bonds is 2. The van der Waals surface area contributed by atoms with Gasteiger partial charge in [-0.25, -0.2) is 0 Å². The van der Waals surface area contributed by atoms with Crippen LogP contribution in [0, 0.1) is 0 Å². The highest BCUT2D eigenvalue weighted by Gasteiger charge is 1.97. The standard InChI is InChI=1S/C10H7ClO2/c11-8-3-5-9(6-4-8)13-10-2-1-7-12-10/h1-7H. The summed E-state index contributed by atoms with van der Waals surface area (Å²) in [6.07, 6.45) is 1.56. The molecular weight excluding hydrogens is 188 g/mol. The molecule has 0 unspecified atom stereocenters. The lowest BCUT2D eigenvalue weighted by Gasteiger charge is -2.00. The Morgan fingerprint density at radius 3 is 2.46 bits per heavy atom. The first-order valence-corrected chi connectivity index (χ1v) is 4.19. The monoisotopic (exact) mass is 194 g/mol. The molecule has 0 radical (unpaired) electrons. The van der Waals surface area contributed by atoms with Crippen LogP contribution in [0.3, 0.4) is 0 Å². The third-order valence-electron chi connectivity index (χ3n) is 1.53. The molecule has 2 aromatic rings. The lowest BCUT2D eigenvalue weighted by atomic mass is 10.3. The first-order chi connectivity index (χ1) is 6.34.